The predicted molar refractivity (Wildman–Crippen MR) is 174 cm³/mol. The van der Waals surface area contributed by atoms with Crippen molar-refractivity contribution in [1.82, 2.24) is 10.2 Å². The van der Waals surface area contributed by atoms with Gasteiger partial charge in [-0.2, -0.15) is 0 Å². The zero-order chi connectivity index (χ0) is 30.5. The lowest BCUT2D eigenvalue weighted by Crippen LogP contribution is -2.52. The highest BCUT2D eigenvalue weighted by molar-refractivity contribution is 6.35. The first-order valence-corrected chi connectivity index (χ1v) is 15.4. The van der Waals surface area contributed by atoms with E-state index in [-0.39, 0.29) is 36.7 Å². The molecule has 4 aromatic rings. The molecular weight excluding hydrogens is 581 g/mol. The third kappa shape index (κ3) is 6.87. The second-order valence-electron chi connectivity index (χ2n) is 11.0. The van der Waals surface area contributed by atoms with E-state index in [1.54, 1.807) is 28.0 Å². The molecule has 0 saturated carbocycles. The molecule has 2 atom stereocenters. The summed E-state index contributed by atoms with van der Waals surface area (Å²) in [6, 6.07) is 25.7. The van der Waals surface area contributed by atoms with Crippen LogP contribution in [0.4, 0.5) is 5.69 Å². The van der Waals surface area contributed by atoms with Crippen molar-refractivity contribution in [3.63, 3.8) is 0 Å². The van der Waals surface area contributed by atoms with Gasteiger partial charge in [0.05, 0.1) is 5.69 Å². The number of nitrogens with one attached hydrogen (secondary N) is 1. The molecule has 6 nitrogen and oxygen atoms in total. The van der Waals surface area contributed by atoms with Crippen LogP contribution in [0.25, 0.3) is 10.8 Å². The molecule has 0 radical (unpaired) electrons. The molecule has 1 aliphatic rings. The Bertz CT molecular complexity index is 1640. The first kappa shape index (κ1) is 30.6. The molecular formula is C35H35Cl2N3O3. The highest BCUT2D eigenvalue weighted by Crippen LogP contribution is 2.37. The fourth-order valence-electron chi connectivity index (χ4n) is 5.56. The van der Waals surface area contributed by atoms with E-state index in [2.05, 4.69) is 5.32 Å². The predicted octanol–water partition coefficient (Wildman–Crippen LogP) is 7.44. The lowest BCUT2D eigenvalue weighted by Gasteiger charge is -2.33. The van der Waals surface area contributed by atoms with Crippen molar-refractivity contribution < 1.29 is 14.4 Å². The van der Waals surface area contributed by atoms with E-state index in [1.165, 1.54) is 0 Å². The minimum Gasteiger partial charge on any atom is -0.352 e. The molecule has 0 spiro atoms. The van der Waals surface area contributed by atoms with Crippen molar-refractivity contribution in [3.05, 3.63) is 112 Å². The van der Waals surface area contributed by atoms with Crippen LogP contribution in [0.3, 0.4) is 0 Å². The van der Waals surface area contributed by atoms with Gasteiger partial charge in [-0.15, -0.1) is 0 Å². The number of carbonyl (C=O) groups excluding carboxylic acids is 3. The van der Waals surface area contributed by atoms with Gasteiger partial charge in [-0.05, 0) is 60.5 Å². The van der Waals surface area contributed by atoms with Crippen LogP contribution in [-0.2, 0) is 22.6 Å². The summed E-state index contributed by atoms with van der Waals surface area (Å²) >= 11 is 12.7. The smallest absolute Gasteiger partial charge is 0.258 e. The van der Waals surface area contributed by atoms with E-state index in [9.17, 15) is 14.4 Å². The van der Waals surface area contributed by atoms with Crippen LogP contribution in [0.1, 0.15) is 54.6 Å². The average Bonchev–Trinajstić information content (AvgIpc) is 3.28. The Hall–Kier alpha value is -3.87. The van der Waals surface area contributed by atoms with Crippen molar-refractivity contribution in [3.8, 4) is 0 Å². The SMILES string of the molecule is CCC(C)NC(=O)C(Cc1ccccc1)N(Cc1ccc(Cl)cc1Cl)C(=O)CCCN1C(=O)c2cccc3cccc1c23. The van der Waals surface area contributed by atoms with Crippen LogP contribution in [0.15, 0.2) is 84.9 Å². The molecule has 1 N–H and O–H groups in total. The molecule has 0 aromatic heterocycles. The maximum absolute atomic E-state index is 14.1. The van der Waals surface area contributed by atoms with E-state index in [1.807, 2.05) is 80.6 Å². The van der Waals surface area contributed by atoms with E-state index in [0.717, 1.165) is 28.4 Å². The topological polar surface area (TPSA) is 69.7 Å². The highest BCUT2D eigenvalue weighted by atomic mass is 35.5. The fourth-order valence-corrected chi connectivity index (χ4v) is 6.03. The largest absolute Gasteiger partial charge is 0.352 e. The zero-order valence-corrected chi connectivity index (χ0v) is 25.9. The Morgan fingerprint density at radius 1 is 0.953 bits per heavy atom. The average molecular weight is 617 g/mol. The highest BCUT2D eigenvalue weighted by Gasteiger charge is 2.33. The fraction of sp³-hybridized carbons (Fsp3) is 0.286. The summed E-state index contributed by atoms with van der Waals surface area (Å²) < 4.78 is 0. The summed E-state index contributed by atoms with van der Waals surface area (Å²) in [5.41, 5.74) is 3.19. The Morgan fingerprint density at radius 3 is 2.42 bits per heavy atom. The maximum atomic E-state index is 14.1. The van der Waals surface area contributed by atoms with Crippen LogP contribution >= 0.6 is 23.2 Å². The van der Waals surface area contributed by atoms with Crippen molar-refractivity contribution in [1.29, 1.82) is 0 Å². The molecule has 8 heteroatoms. The lowest BCUT2D eigenvalue weighted by molar-refractivity contribution is -0.141. The van der Waals surface area contributed by atoms with Gasteiger partial charge in [0, 0.05) is 53.0 Å². The molecule has 0 bridgehead atoms. The van der Waals surface area contributed by atoms with Gasteiger partial charge in [0.15, 0.2) is 0 Å². The van der Waals surface area contributed by atoms with Crippen molar-refractivity contribution in [2.75, 3.05) is 11.4 Å². The van der Waals surface area contributed by atoms with Gasteiger partial charge in [-0.25, -0.2) is 0 Å². The third-order valence-electron chi connectivity index (χ3n) is 8.05. The zero-order valence-electron chi connectivity index (χ0n) is 24.4. The Kier molecular flexibility index (Phi) is 9.69. The number of benzene rings is 4. The molecule has 0 saturated heterocycles. The van der Waals surface area contributed by atoms with E-state index < -0.39 is 6.04 Å². The Labute approximate surface area is 262 Å². The molecule has 0 fully saturated rings. The quantitative estimate of drug-likeness (QED) is 0.180. The minimum absolute atomic E-state index is 0.0487. The lowest BCUT2D eigenvalue weighted by atomic mass is 10.0. The number of amides is 3. The van der Waals surface area contributed by atoms with Crippen LogP contribution in [-0.4, -0.2) is 41.2 Å². The summed E-state index contributed by atoms with van der Waals surface area (Å²) in [5.74, 6) is -0.457. The molecule has 1 heterocycles. The number of rotatable bonds is 12. The molecule has 2 unspecified atom stereocenters. The summed E-state index contributed by atoms with van der Waals surface area (Å²) in [6.45, 7) is 4.49. The van der Waals surface area contributed by atoms with Gasteiger partial charge in [-0.1, -0.05) is 90.8 Å². The first-order chi connectivity index (χ1) is 20.8. The summed E-state index contributed by atoms with van der Waals surface area (Å²) in [7, 11) is 0. The molecule has 222 valence electrons. The molecule has 4 aromatic carbocycles. The number of nitrogens with zero attached hydrogens (tertiary/aromatic N) is 2. The van der Waals surface area contributed by atoms with E-state index in [0.29, 0.717) is 40.6 Å². The van der Waals surface area contributed by atoms with Crippen LogP contribution < -0.4 is 10.2 Å². The summed E-state index contributed by atoms with van der Waals surface area (Å²) in [5, 5.41) is 5.97. The normalized spacial score (nSPS) is 13.7. The van der Waals surface area contributed by atoms with Gasteiger partial charge in [-0.3, -0.25) is 14.4 Å². The second-order valence-corrected chi connectivity index (χ2v) is 11.9. The Morgan fingerprint density at radius 2 is 1.70 bits per heavy atom. The molecule has 1 aliphatic heterocycles. The van der Waals surface area contributed by atoms with E-state index in [4.69, 9.17) is 23.2 Å². The summed E-state index contributed by atoms with van der Waals surface area (Å²) in [6.07, 6.45) is 1.70. The molecule has 43 heavy (non-hydrogen) atoms. The van der Waals surface area contributed by atoms with Crippen molar-refractivity contribution in [2.45, 2.75) is 58.2 Å². The van der Waals surface area contributed by atoms with Crippen LogP contribution in [0.5, 0.6) is 0 Å². The molecule has 3 amide bonds. The van der Waals surface area contributed by atoms with Gasteiger partial charge in [0.25, 0.3) is 5.91 Å². The Balaban J connectivity index is 1.40. The molecule has 5 rings (SSSR count). The summed E-state index contributed by atoms with van der Waals surface area (Å²) in [4.78, 5) is 44.4. The second kappa shape index (κ2) is 13.6. The minimum atomic E-state index is -0.762. The van der Waals surface area contributed by atoms with Gasteiger partial charge in [0.1, 0.15) is 6.04 Å². The number of hydrogen-bond acceptors (Lipinski definition) is 3. The van der Waals surface area contributed by atoms with Gasteiger partial charge >= 0.3 is 0 Å². The number of anilines is 1. The van der Waals surface area contributed by atoms with Crippen LogP contribution in [0.2, 0.25) is 10.0 Å². The number of hydrogen-bond donors (Lipinski definition) is 1. The van der Waals surface area contributed by atoms with Gasteiger partial charge in [0.2, 0.25) is 11.8 Å². The van der Waals surface area contributed by atoms with Crippen molar-refractivity contribution >= 4 is 57.4 Å². The first-order valence-electron chi connectivity index (χ1n) is 14.7. The van der Waals surface area contributed by atoms with E-state index >= 15 is 0 Å². The molecule has 0 aliphatic carbocycles. The third-order valence-corrected chi connectivity index (χ3v) is 8.64. The standard InChI is InChI=1S/C35H35Cl2N3O3/c1-3-23(2)38-34(42)31(20-24-10-5-4-6-11-24)40(22-26-17-18-27(36)21-29(26)37)32(41)16-9-19-39-30-15-8-13-25-12-7-14-28(33(25)30)35(39)43/h4-8,10-15,17-18,21,23,31H,3,9,16,19-20,22H2,1-2H3,(H,38,42). The van der Waals surface area contributed by atoms with Crippen LogP contribution in [0, 0.1) is 0 Å². The number of halogens is 2. The van der Waals surface area contributed by atoms with Crippen molar-refractivity contribution in [2.24, 2.45) is 0 Å². The number of carbonyl (C=O) groups is 3. The maximum Gasteiger partial charge on any atom is 0.258 e. The monoisotopic (exact) mass is 615 g/mol. The van der Waals surface area contributed by atoms with Gasteiger partial charge < -0.3 is 15.1 Å².